The van der Waals surface area contributed by atoms with Crippen LogP contribution in [0.4, 0.5) is 0 Å². The molecule has 2 rings (SSSR count). The summed E-state index contributed by atoms with van der Waals surface area (Å²) >= 11 is 0. The Labute approximate surface area is 103 Å². The molecule has 92 valence electrons. The summed E-state index contributed by atoms with van der Waals surface area (Å²) in [4.78, 5) is 0. The first-order chi connectivity index (χ1) is 8.13. The summed E-state index contributed by atoms with van der Waals surface area (Å²) in [6.07, 6.45) is 1.02. The number of hydrogen-bond acceptors (Lipinski definition) is 2. The zero-order valence-electron chi connectivity index (χ0n) is 11.1. The van der Waals surface area contributed by atoms with Gasteiger partial charge in [0.2, 0.25) is 0 Å². The summed E-state index contributed by atoms with van der Waals surface area (Å²) in [6, 6.07) is 8.94. The summed E-state index contributed by atoms with van der Waals surface area (Å²) in [5, 5.41) is 9.22. The molecule has 3 nitrogen and oxygen atoms in total. The van der Waals surface area contributed by atoms with Gasteiger partial charge in [-0.3, -0.25) is 4.68 Å². The average Bonchev–Trinajstić information content (AvgIpc) is 2.66. The number of hydrogen-bond donors (Lipinski definition) is 1. The Bertz CT molecular complexity index is 501. The zero-order chi connectivity index (χ0) is 12.4. The van der Waals surface area contributed by atoms with Crippen LogP contribution >= 0.6 is 0 Å². The molecule has 2 aromatic rings. The fourth-order valence-electron chi connectivity index (χ4n) is 2.21. The summed E-state index contributed by atoms with van der Waals surface area (Å²) in [7, 11) is 4.02. The number of rotatable bonds is 4. The smallest absolute Gasteiger partial charge is 0.0706 e. The maximum absolute atomic E-state index is 4.64. The first-order valence-electron chi connectivity index (χ1n) is 6.21. The van der Waals surface area contributed by atoms with Crippen LogP contribution in [0.5, 0.6) is 0 Å². The molecule has 1 N–H and O–H groups in total. The molecule has 0 aliphatic heterocycles. The number of nitrogens with zero attached hydrogens (tertiary/aromatic N) is 2. The normalized spacial score (nSPS) is 15.1. The number of benzene rings is 1. The summed E-state index contributed by atoms with van der Waals surface area (Å²) in [6.45, 7) is 4.49. The van der Waals surface area contributed by atoms with Gasteiger partial charge in [0.25, 0.3) is 0 Å². The first kappa shape index (κ1) is 12.1. The molecule has 0 saturated heterocycles. The highest BCUT2D eigenvalue weighted by Gasteiger charge is 2.15. The highest BCUT2D eigenvalue weighted by atomic mass is 15.3. The van der Waals surface area contributed by atoms with E-state index < -0.39 is 0 Å². The van der Waals surface area contributed by atoms with Crippen molar-refractivity contribution in [3.63, 3.8) is 0 Å². The Kier molecular flexibility index (Phi) is 3.48. The third-order valence-corrected chi connectivity index (χ3v) is 3.66. The predicted molar refractivity (Wildman–Crippen MR) is 72.1 cm³/mol. The van der Waals surface area contributed by atoms with Crippen LogP contribution in [0.25, 0.3) is 10.9 Å². The second kappa shape index (κ2) is 4.88. The minimum absolute atomic E-state index is 0.510. The van der Waals surface area contributed by atoms with Gasteiger partial charge in [0, 0.05) is 18.5 Å². The molecule has 0 aliphatic rings. The van der Waals surface area contributed by atoms with Crippen molar-refractivity contribution in [3.05, 3.63) is 30.0 Å². The van der Waals surface area contributed by atoms with E-state index in [9.17, 15) is 0 Å². The van der Waals surface area contributed by atoms with E-state index in [0.29, 0.717) is 12.0 Å². The molecule has 0 aliphatic carbocycles. The van der Waals surface area contributed by atoms with Crippen molar-refractivity contribution >= 4 is 10.9 Å². The summed E-state index contributed by atoms with van der Waals surface area (Å²) in [5.74, 6) is 0.582. The van der Waals surface area contributed by atoms with Crippen molar-refractivity contribution in [2.45, 2.75) is 26.3 Å². The molecule has 3 heteroatoms. The van der Waals surface area contributed by atoms with Crippen molar-refractivity contribution in [2.75, 3.05) is 7.05 Å². The van der Waals surface area contributed by atoms with E-state index in [2.05, 4.69) is 48.5 Å². The van der Waals surface area contributed by atoms with E-state index in [4.69, 9.17) is 0 Å². The minimum atomic E-state index is 0.510. The highest BCUT2D eigenvalue weighted by Crippen LogP contribution is 2.21. The topological polar surface area (TPSA) is 29.9 Å². The van der Waals surface area contributed by atoms with Crippen LogP contribution in [0, 0.1) is 5.92 Å². The van der Waals surface area contributed by atoms with E-state index in [0.717, 1.165) is 6.42 Å². The molecule has 1 heterocycles. The lowest BCUT2D eigenvalue weighted by atomic mass is 9.97. The molecule has 0 amide bonds. The Balaban J connectivity index is 2.30. The number of aryl methyl sites for hydroxylation is 1. The Hall–Kier alpha value is -1.35. The van der Waals surface area contributed by atoms with Gasteiger partial charge in [-0.1, -0.05) is 25.1 Å². The monoisotopic (exact) mass is 231 g/mol. The number of fused-ring (bicyclic) bond motifs is 1. The van der Waals surface area contributed by atoms with Crippen molar-refractivity contribution in [1.29, 1.82) is 0 Å². The van der Waals surface area contributed by atoms with Crippen LogP contribution in [0.1, 0.15) is 19.5 Å². The lowest BCUT2D eigenvalue weighted by Crippen LogP contribution is -2.30. The van der Waals surface area contributed by atoms with Crippen LogP contribution in [-0.4, -0.2) is 22.9 Å². The molecule has 1 aromatic heterocycles. The number of nitrogens with one attached hydrogen (secondary N) is 1. The fraction of sp³-hybridized carbons (Fsp3) is 0.500. The first-order valence-corrected chi connectivity index (χ1v) is 6.21. The van der Waals surface area contributed by atoms with Crippen LogP contribution in [-0.2, 0) is 13.5 Å². The maximum atomic E-state index is 4.64. The molecule has 0 saturated carbocycles. The van der Waals surface area contributed by atoms with E-state index in [1.807, 2.05) is 18.8 Å². The molecule has 0 bridgehead atoms. The molecule has 2 unspecified atom stereocenters. The lowest BCUT2D eigenvalue weighted by molar-refractivity contribution is 0.420. The van der Waals surface area contributed by atoms with Crippen LogP contribution in [0.15, 0.2) is 24.3 Å². The second-order valence-electron chi connectivity index (χ2n) is 4.85. The molecular weight excluding hydrogens is 210 g/mol. The Morgan fingerprint density at radius 3 is 2.71 bits per heavy atom. The SMILES string of the molecule is CNC(C)C(C)Cc1nn(C)c2ccccc12. The third-order valence-electron chi connectivity index (χ3n) is 3.66. The van der Waals surface area contributed by atoms with Gasteiger partial charge in [-0.25, -0.2) is 0 Å². The second-order valence-corrected chi connectivity index (χ2v) is 4.85. The van der Waals surface area contributed by atoms with Gasteiger partial charge in [-0.2, -0.15) is 5.10 Å². The van der Waals surface area contributed by atoms with Gasteiger partial charge in [0.05, 0.1) is 11.2 Å². The van der Waals surface area contributed by atoms with Crippen molar-refractivity contribution in [3.8, 4) is 0 Å². The maximum Gasteiger partial charge on any atom is 0.0706 e. The summed E-state index contributed by atoms with van der Waals surface area (Å²) in [5.41, 5.74) is 2.42. The largest absolute Gasteiger partial charge is 0.317 e. The van der Waals surface area contributed by atoms with Crippen molar-refractivity contribution < 1.29 is 0 Å². The van der Waals surface area contributed by atoms with Crippen LogP contribution < -0.4 is 5.32 Å². The number of aromatic nitrogens is 2. The van der Waals surface area contributed by atoms with Gasteiger partial charge >= 0.3 is 0 Å². The molecule has 2 atom stereocenters. The van der Waals surface area contributed by atoms with Crippen molar-refractivity contribution in [1.82, 2.24) is 15.1 Å². The van der Waals surface area contributed by atoms with Gasteiger partial charge in [0.15, 0.2) is 0 Å². The fourth-order valence-corrected chi connectivity index (χ4v) is 2.21. The molecule has 17 heavy (non-hydrogen) atoms. The average molecular weight is 231 g/mol. The quantitative estimate of drug-likeness (QED) is 0.875. The Morgan fingerprint density at radius 1 is 1.29 bits per heavy atom. The van der Waals surface area contributed by atoms with E-state index in [1.54, 1.807) is 0 Å². The van der Waals surface area contributed by atoms with Crippen LogP contribution in [0.3, 0.4) is 0 Å². The standard InChI is InChI=1S/C14H21N3/c1-10(11(2)15-3)9-13-12-7-5-6-8-14(12)17(4)16-13/h5-8,10-11,15H,9H2,1-4H3. The van der Waals surface area contributed by atoms with Crippen molar-refractivity contribution in [2.24, 2.45) is 13.0 Å². The third kappa shape index (κ3) is 2.34. The molecule has 1 aromatic carbocycles. The van der Waals surface area contributed by atoms with Gasteiger partial charge < -0.3 is 5.32 Å². The molecule has 0 fully saturated rings. The van der Waals surface area contributed by atoms with Crippen LogP contribution in [0.2, 0.25) is 0 Å². The molecular formula is C14H21N3. The molecule has 0 radical (unpaired) electrons. The molecule has 0 spiro atoms. The summed E-state index contributed by atoms with van der Waals surface area (Å²) < 4.78 is 1.97. The highest BCUT2D eigenvalue weighted by molar-refractivity contribution is 5.81. The number of para-hydroxylation sites is 1. The van der Waals surface area contributed by atoms with Gasteiger partial charge in [0.1, 0.15) is 0 Å². The minimum Gasteiger partial charge on any atom is -0.317 e. The van der Waals surface area contributed by atoms with E-state index >= 15 is 0 Å². The van der Waals surface area contributed by atoms with Gasteiger partial charge in [-0.15, -0.1) is 0 Å². The van der Waals surface area contributed by atoms with E-state index in [1.165, 1.54) is 16.6 Å². The van der Waals surface area contributed by atoms with Gasteiger partial charge in [-0.05, 0) is 32.4 Å². The predicted octanol–water partition coefficient (Wildman–Crippen LogP) is 2.36. The zero-order valence-corrected chi connectivity index (χ0v) is 11.1. The Morgan fingerprint density at radius 2 is 2.00 bits per heavy atom. The lowest BCUT2D eigenvalue weighted by Gasteiger charge is -2.18. The van der Waals surface area contributed by atoms with E-state index in [-0.39, 0.29) is 0 Å².